The minimum Gasteiger partial charge on any atom is -0.508 e. The standard InChI is InChI=1S/C40H36O8/c1-20-12-28-26-8-7-25(42)18-34(26)46-40(19-22-5-9-30(43)27-10-11-39(2,3)48-38(22)27)37(28)29(13-20)36-31(44)14-23(16-35(36)47-40)32-15-21-4-6-24(41)17-33(21)45-32/h4-11,13-14,16-18,28-29,32,37,41-44H,12,15,19H2,1-3H3/t28-,29-,32-,37-,40+/m0/s1. The smallest absolute Gasteiger partial charge is 0.259 e. The van der Waals surface area contributed by atoms with Crippen LogP contribution in [0, 0.1) is 5.92 Å². The topological polar surface area (TPSA) is 118 Å². The number of rotatable bonds is 3. The zero-order chi connectivity index (χ0) is 33.1. The zero-order valence-corrected chi connectivity index (χ0v) is 26.9. The normalized spacial score (nSPS) is 26.6. The quantitative estimate of drug-likeness (QED) is 0.166. The summed E-state index contributed by atoms with van der Waals surface area (Å²) in [6, 6.07) is 17.6. The lowest BCUT2D eigenvalue weighted by atomic mass is 9.61. The number of phenols is 4. The number of phenolic OH excluding ortho intramolecular Hbond substituents is 4. The molecule has 0 radical (unpaired) electrons. The van der Waals surface area contributed by atoms with Gasteiger partial charge in [0, 0.05) is 47.1 Å². The molecule has 9 rings (SSSR count). The highest BCUT2D eigenvalue weighted by Crippen LogP contribution is 2.63. The average Bonchev–Trinajstić information content (AvgIpc) is 3.45. The highest BCUT2D eigenvalue weighted by molar-refractivity contribution is 5.69. The van der Waals surface area contributed by atoms with Crippen molar-refractivity contribution in [2.45, 2.75) is 69.4 Å². The minimum absolute atomic E-state index is 0.0258. The first kappa shape index (κ1) is 28.9. The van der Waals surface area contributed by atoms with E-state index >= 15 is 0 Å². The second-order valence-electron chi connectivity index (χ2n) is 14.4. The van der Waals surface area contributed by atoms with Gasteiger partial charge >= 0.3 is 0 Å². The van der Waals surface area contributed by atoms with Gasteiger partial charge in [0.25, 0.3) is 5.79 Å². The van der Waals surface area contributed by atoms with Crippen LogP contribution in [0.25, 0.3) is 6.08 Å². The molecular formula is C40H36O8. The van der Waals surface area contributed by atoms with Crippen molar-refractivity contribution in [2.75, 3.05) is 0 Å². The molecule has 4 N–H and O–H groups in total. The number of hydrogen-bond acceptors (Lipinski definition) is 8. The minimum atomic E-state index is -1.27. The van der Waals surface area contributed by atoms with Crippen LogP contribution < -0.4 is 18.9 Å². The summed E-state index contributed by atoms with van der Waals surface area (Å²) in [6.45, 7) is 6.06. The van der Waals surface area contributed by atoms with Crippen LogP contribution in [0.1, 0.15) is 78.5 Å². The predicted octanol–water partition coefficient (Wildman–Crippen LogP) is 7.93. The third-order valence-electron chi connectivity index (χ3n) is 10.6. The molecule has 1 aliphatic carbocycles. The van der Waals surface area contributed by atoms with E-state index in [0.29, 0.717) is 40.5 Å². The first-order valence-corrected chi connectivity index (χ1v) is 16.4. The van der Waals surface area contributed by atoms with Gasteiger partial charge in [0.15, 0.2) is 0 Å². The largest absolute Gasteiger partial charge is 0.508 e. The molecule has 0 aromatic heterocycles. The molecule has 244 valence electrons. The van der Waals surface area contributed by atoms with Gasteiger partial charge in [-0.3, -0.25) is 0 Å². The Morgan fingerprint density at radius 3 is 2.40 bits per heavy atom. The van der Waals surface area contributed by atoms with Crippen LogP contribution in [0.4, 0.5) is 0 Å². The fourth-order valence-corrected chi connectivity index (χ4v) is 8.53. The lowest BCUT2D eigenvalue weighted by Gasteiger charge is -2.55. The summed E-state index contributed by atoms with van der Waals surface area (Å²) in [5, 5.41) is 43.2. The Morgan fingerprint density at radius 1 is 0.792 bits per heavy atom. The molecule has 0 spiro atoms. The van der Waals surface area contributed by atoms with Crippen LogP contribution in [0.3, 0.4) is 0 Å². The van der Waals surface area contributed by atoms with E-state index in [-0.39, 0.29) is 53.3 Å². The molecule has 4 aromatic rings. The van der Waals surface area contributed by atoms with E-state index in [1.165, 1.54) is 5.57 Å². The van der Waals surface area contributed by atoms with E-state index < -0.39 is 11.4 Å². The van der Waals surface area contributed by atoms with Crippen molar-refractivity contribution in [1.82, 2.24) is 0 Å². The van der Waals surface area contributed by atoms with Gasteiger partial charge in [-0.25, -0.2) is 0 Å². The third-order valence-corrected chi connectivity index (χ3v) is 10.6. The molecule has 48 heavy (non-hydrogen) atoms. The van der Waals surface area contributed by atoms with Crippen molar-refractivity contribution in [3.8, 4) is 46.0 Å². The van der Waals surface area contributed by atoms with Crippen molar-refractivity contribution < 1.29 is 39.4 Å². The van der Waals surface area contributed by atoms with Gasteiger partial charge in [-0.15, -0.1) is 0 Å². The second kappa shape index (κ2) is 9.89. The molecule has 0 saturated heterocycles. The van der Waals surface area contributed by atoms with Crippen molar-refractivity contribution in [2.24, 2.45) is 5.92 Å². The molecule has 8 nitrogen and oxygen atoms in total. The Labute approximate surface area is 278 Å². The monoisotopic (exact) mass is 644 g/mol. The Bertz CT molecular complexity index is 2090. The Hall–Kier alpha value is -5.24. The lowest BCUT2D eigenvalue weighted by molar-refractivity contribution is -0.187. The number of allylic oxidation sites excluding steroid dienone is 2. The molecular weight excluding hydrogens is 608 g/mol. The van der Waals surface area contributed by atoms with Crippen LogP contribution in [-0.4, -0.2) is 31.8 Å². The molecule has 0 amide bonds. The van der Waals surface area contributed by atoms with Gasteiger partial charge in [-0.05, 0) is 80.8 Å². The number of hydrogen-bond donors (Lipinski definition) is 4. The van der Waals surface area contributed by atoms with E-state index in [1.807, 2.05) is 50.3 Å². The highest BCUT2D eigenvalue weighted by Gasteiger charge is 2.60. The second-order valence-corrected chi connectivity index (χ2v) is 14.4. The maximum Gasteiger partial charge on any atom is 0.259 e. The SMILES string of the molecule is CC1=C[C@H]2c3c(O)cc([C@@H]4Cc5ccc(O)cc5O4)cc3O[C@@]3(Cc4ccc(O)c5c4OC(C)(C)C=C5)Oc4cc(O)ccc4[C@H](C1)[C@@H]23. The van der Waals surface area contributed by atoms with Gasteiger partial charge in [0.1, 0.15) is 57.7 Å². The molecule has 4 aromatic carbocycles. The summed E-state index contributed by atoms with van der Waals surface area (Å²) in [7, 11) is 0. The number of aromatic hydroxyl groups is 4. The average molecular weight is 645 g/mol. The summed E-state index contributed by atoms with van der Waals surface area (Å²) < 4.78 is 26.8. The van der Waals surface area contributed by atoms with Gasteiger partial charge in [0.2, 0.25) is 0 Å². The van der Waals surface area contributed by atoms with E-state index in [4.69, 9.17) is 18.9 Å². The van der Waals surface area contributed by atoms with Gasteiger partial charge in [-0.2, -0.15) is 0 Å². The van der Waals surface area contributed by atoms with E-state index in [0.717, 1.165) is 28.7 Å². The Morgan fingerprint density at radius 2 is 1.56 bits per heavy atom. The maximum absolute atomic E-state index is 11.8. The first-order chi connectivity index (χ1) is 23.0. The maximum atomic E-state index is 11.8. The lowest BCUT2D eigenvalue weighted by Crippen LogP contribution is -2.60. The zero-order valence-electron chi connectivity index (χ0n) is 26.9. The van der Waals surface area contributed by atoms with Crippen LogP contribution in [0.5, 0.6) is 46.0 Å². The third kappa shape index (κ3) is 4.35. The molecule has 5 aliphatic rings. The number of benzene rings is 4. The van der Waals surface area contributed by atoms with Crippen molar-refractivity contribution in [3.63, 3.8) is 0 Å². The molecule has 8 heteroatoms. The molecule has 0 saturated carbocycles. The molecule has 0 bridgehead atoms. The van der Waals surface area contributed by atoms with Crippen LogP contribution in [-0.2, 0) is 12.8 Å². The van der Waals surface area contributed by atoms with Crippen LogP contribution >= 0.6 is 0 Å². The van der Waals surface area contributed by atoms with Gasteiger partial charge in [0.05, 0.1) is 17.9 Å². The van der Waals surface area contributed by atoms with Crippen LogP contribution in [0.2, 0.25) is 0 Å². The summed E-state index contributed by atoms with van der Waals surface area (Å²) >= 11 is 0. The predicted molar refractivity (Wildman–Crippen MR) is 178 cm³/mol. The summed E-state index contributed by atoms with van der Waals surface area (Å²) in [5.41, 5.74) is 5.43. The van der Waals surface area contributed by atoms with E-state index in [9.17, 15) is 20.4 Å². The highest BCUT2D eigenvalue weighted by atomic mass is 16.7. The number of ether oxygens (including phenoxy) is 4. The molecule has 5 atom stereocenters. The summed E-state index contributed by atoms with van der Waals surface area (Å²) in [5.74, 6) is 0.940. The Kier molecular flexibility index (Phi) is 5.96. The Balaban J connectivity index is 1.21. The van der Waals surface area contributed by atoms with Crippen molar-refractivity contribution in [1.29, 1.82) is 0 Å². The summed E-state index contributed by atoms with van der Waals surface area (Å²) in [6.07, 6.45) is 7.28. The van der Waals surface area contributed by atoms with Gasteiger partial charge < -0.3 is 39.4 Å². The van der Waals surface area contributed by atoms with Gasteiger partial charge in [-0.1, -0.05) is 29.8 Å². The molecule has 4 heterocycles. The van der Waals surface area contributed by atoms with E-state index in [1.54, 1.807) is 36.4 Å². The molecule has 0 fully saturated rings. The fourth-order valence-electron chi connectivity index (χ4n) is 8.53. The number of fused-ring (bicyclic) bond motifs is 6. The first-order valence-electron chi connectivity index (χ1n) is 16.4. The fraction of sp³-hybridized carbons (Fsp3) is 0.300. The molecule has 0 unspecified atom stereocenters. The van der Waals surface area contributed by atoms with Crippen molar-refractivity contribution in [3.05, 3.63) is 112 Å². The van der Waals surface area contributed by atoms with Crippen LogP contribution in [0.15, 0.2) is 78.4 Å². The van der Waals surface area contributed by atoms with E-state index in [2.05, 4.69) is 13.0 Å². The molecule has 4 aliphatic heterocycles. The van der Waals surface area contributed by atoms with Crippen molar-refractivity contribution >= 4 is 6.08 Å². The summed E-state index contributed by atoms with van der Waals surface area (Å²) in [4.78, 5) is 0.